The molecule has 1 fully saturated rings. The minimum absolute atomic E-state index is 0.00826. The van der Waals surface area contributed by atoms with Crippen molar-refractivity contribution in [3.8, 4) is 11.1 Å². The van der Waals surface area contributed by atoms with Gasteiger partial charge in [0.05, 0.1) is 12.0 Å². The van der Waals surface area contributed by atoms with E-state index >= 15 is 0 Å². The van der Waals surface area contributed by atoms with E-state index < -0.39 is 17.5 Å². The molecule has 1 saturated heterocycles. The molecule has 0 radical (unpaired) electrons. The van der Waals surface area contributed by atoms with Gasteiger partial charge in [0.1, 0.15) is 12.0 Å². The van der Waals surface area contributed by atoms with Crippen LogP contribution < -0.4 is 5.32 Å². The minimum atomic E-state index is -0.851. The van der Waals surface area contributed by atoms with Crippen molar-refractivity contribution in [2.45, 2.75) is 31.7 Å². The maximum atomic E-state index is 12.8. The molecule has 1 aliphatic heterocycles. The van der Waals surface area contributed by atoms with Crippen molar-refractivity contribution in [2.75, 3.05) is 19.7 Å². The summed E-state index contributed by atoms with van der Waals surface area (Å²) in [5.74, 6) is -1.30. The monoisotopic (exact) mass is 460 g/mol. The van der Waals surface area contributed by atoms with Gasteiger partial charge in [0.25, 0.3) is 0 Å². The number of fused-ring (bicyclic) bond motifs is 3. The van der Waals surface area contributed by atoms with E-state index in [4.69, 9.17) is 4.74 Å². The molecular formula is C27H28N2O5. The van der Waals surface area contributed by atoms with Crippen LogP contribution in [0.5, 0.6) is 0 Å². The molecule has 7 nitrogen and oxygen atoms in total. The van der Waals surface area contributed by atoms with Crippen LogP contribution in [0, 0.1) is 11.3 Å². The van der Waals surface area contributed by atoms with Gasteiger partial charge in [0.2, 0.25) is 5.91 Å². The normalized spacial score (nSPS) is 22.0. The molecule has 2 amide bonds. The second-order valence-electron chi connectivity index (χ2n) is 9.44. The summed E-state index contributed by atoms with van der Waals surface area (Å²) in [6, 6.07) is 16.1. The Bertz CT molecular complexity index is 1120. The molecule has 34 heavy (non-hydrogen) atoms. The van der Waals surface area contributed by atoms with E-state index in [-0.39, 0.29) is 43.5 Å². The zero-order valence-corrected chi connectivity index (χ0v) is 19.1. The zero-order chi connectivity index (χ0) is 23.9. The number of nitrogens with one attached hydrogen (secondary N) is 1. The molecular weight excluding hydrogens is 432 g/mol. The van der Waals surface area contributed by atoms with Gasteiger partial charge in [-0.1, -0.05) is 67.6 Å². The van der Waals surface area contributed by atoms with Crippen molar-refractivity contribution >= 4 is 18.0 Å². The third-order valence-electron chi connectivity index (χ3n) is 7.48. The summed E-state index contributed by atoms with van der Waals surface area (Å²) in [6.45, 7) is 2.55. The lowest BCUT2D eigenvalue weighted by molar-refractivity contribution is -0.167. The third kappa shape index (κ3) is 3.75. The summed E-state index contributed by atoms with van der Waals surface area (Å²) < 4.78 is 5.60. The smallest absolute Gasteiger partial charge is 0.407 e. The number of nitrogens with zero attached hydrogens (tertiary/aromatic N) is 1. The largest absolute Gasteiger partial charge is 0.481 e. The number of ether oxygens (including phenoxy) is 1. The summed E-state index contributed by atoms with van der Waals surface area (Å²) in [7, 11) is 0. The molecule has 0 saturated carbocycles. The van der Waals surface area contributed by atoms with Gasteiger partial charge in [-0.25, -0.2) is 4.79 Å². The highest BCUT2D eigenvalue weighted by atomic mass is 16.5. The van der Waals surface area contributed by atoms with Gasteiger partial charge in [0.15, 0.2) is 0 Å². The van der Waals surface area contributed by atoms with E-state index in [9.17, 15) is 19.5 Å². The van der Waals surface area contributed by atoms with Gasteiger partial charge >= 0.3 is 12.1 Å². The number of rotatable bonds is 6. The first-order valence-electron chi connectivity index (χ1n) is 11.7. The predicted octanol–water partition coefficient (Wildman–Crippen LogP) is 3.79. The van der Waals surface area contributed by atoms with Crippen LogP contribution >= 0.6 is 0 Å². The number of hydrogen-bond donors (Lipinski definition) is 2. The fourth-order valence-electron chi connectivity index (χ4n) is 5.37. The number of hydrogen-bond acceptors (Lipinski definition) is 4. The number of likely N-dealkylation sites (tertiary alicyclic amines) is 1. The Balaban J connectivity index is 1.13. The second-order valence-corrected chi connectivity index (χ2v) is 9.44. The molecule has 176 valence electrons. The summed E-state index contributed by atoms with van der Waals surface area (Å²) in [5, 5.41) is 12.3. The lowest BCUT2D eigenvalue weighted by Crippen LogP contribution is -2.62. The van der Waals surface area contributed by atoms with Crippen molar-refractivity contribution in [1.82, 2.24) is 10.2 Å². The number of benzene rings is 2. The molecule has 2 aromatic rings. The molecule has 2 unspecified atom stereocenters. The Labute approximate surface area is 198 Å². The SMILES string of the molecule is CCC1(C(=O)O)CN(C(=O)C2C=CC(NC(=O)OCC3c4ccccc4-c4ccccc43)C2)C1. The van der Waals surface area contributed by atoms with Crippen LogP contribution in [0.15, 0.2) is 60.7 Å². The lowest BCUT2D eigenvalue weighted by Gasteiger charge is -2.47. The number of carbonyl (C=O) groups is 3. The van der Waals surface area contributed by atoms with E-state index in [1.807, 2.05) is 37.3 Å². The Hall–Kier alpha value is -3.61. The van der Waals surface area contributed by atoms with Gasteiger partial charge in [-0.05, 0) is 35.1 Å². The zero-order valence-electron chi connectivity index (χ0n) is 19.1. The Morgan fingerprint density at radius 3 is 2.24 bits per heavy atom. The molecule has 2 N–H and O–H groups in total. The molecule has 0 aromatic heterocycles. The second kappa shape index (κ2) is 8.63. The van der Waals surface area contributed by atoms with Crippen LogP contribution in [-0.2, 0) is 14.3 Å². The molecule has 5 rings (SSSR count). The third-order valence-corrected chi connectivity index (χ3v) is 7.48. The molecule has 3 aliphatic rings. The number of carbonyl (C=O) groups excluding carboxylic acids is 2. The van der Waals surface area contributed by atoms with Crippen LogP contribution in [0.3, 0.4) is 0 Å². The van der Waals surface area contributed by atoms with Crippen molar-refractivity contribution in [3.63, 3.8) is 0 Å². The van der Waals surface area contributed by atoms with Gasteiger partial charge in [0, 0.05) is 19.0 Å². The van der Waals surface area contributed by atoms with Crippen LogP contribution in [0.1, 0.15) is 36.8 Å². The summed E-state index contributed by atoms with van der Waals surface area (Å²) in [4.78, 5) is 38.4. The minimum Gasteiger partial charge on any atom is -0.481 e. The van der Waals surface area contributed by atoms with E-state index in [0.717, 1.165) is 11.1 Å². The highest BCUT2D eigenvalue weighted by molar-refractivity contribution is 5.86. The van der Waals surface area contributed by atoms with Crippen molar-refractivity contribution in [1.29, 1.82) is 0 Å². The molecule has 7 heteroatoms. The van der Waals surface area contributed by atoms with Crippen LogP contribution in [-0.4, -0.2) is 53.7 Å². The number of aliphatic carboxylic acids is 1. The Morgan fingerprint density at radius 1 is 1.03 bits per heavy atom. The topological polar surface area (TPSA) is 95.9 Å². The Kier molecular flexibility index (Phi) is 5.63. The molecule has 0 bridgehead atoms. The fourth-order valence-corrected chi connectivity index (χ4v) is 5.37. The predicted molar refractivity (Wildman–Crippen MR) is 126 cm³/mol. The maximum Gasteiger partial charge on any atom is 0.407 e. The summed E-state index contributed by atoms with van der Waals surface area (Å²) in [6.07, 6.45) is 4.05. The highest BCUT2D eigenvalue weighted by Crippen LogP contribution is 2.44. The van der Waals surface area contributed by atoms with Crippen molar-refractivity contribution < 1.29 is 24.2 Å². The molecule has 0 spiro atoms. The number of carboxylic acid groups (broad SMARTS) is 1. The average molecular weight is 461 g/mol. The van der Waals surface area contributed by atoms with E-state index in [1.54, 1.807) is 11.0 Å². The first kappa shape index (κ1) is 22.2. The number of amides is 2. The van der Waals surface area contributed by atoms with Crippen LogP contribution in [0.4, 0.5) is 4.79 Å². The van der Waals surface area contributed by atoms with Crippen molar-refractivity contribution in [2.24, 2.45) is 11.3 Å². The quantitative estimate of drug-likeness (QED) is 0.640. The van der Waals surface area contributed by atoms with Gasteiger partial charge < -0.3 is 20.1 Å². The number of carboxylic acids is 1. The van der Waals surface area contributed by atoms with E-state index in [1.165, 1.54) is 11.1 Å². The molecule has 2 aromatic carbocycles. The molecule has 2 atom stereocenters. The summed E-state index contributed by atoms with van der Waals surface area (Å²) >= 11 is 0. The highest BCUT2D eigenvalue weighted by Gasteiger charge is 2.51. The van der Waals surface area contributed by atoms with E-state index in [2.05, 4.69) is 29.6 Å². The molecule has 1 heterocycles. The maximum absolute atomic E-state index is 12.8. The van der Waals surface area contributed by atoms with Crippen LogP contribution in [0.25, 0.3) is 11.1 Å². The van der Waals surface area contributed by atoms with Gasteiger partial charge in [-0.3, -0.25) is 9.59 Å². The van der Waals surface area contributed by atoms with Crippen LogP contribution in [0.2, 0.25) is 0 Å². The number of alkyl carbamates (subject to hydrolysis) is 1. The Morgan fingerprint density at radius 2 is 1.65 bits per heavy atom. The fraction of sp³-hybridized carbons (Fsp3) is 0.370. The average Bonchev–Trinajstić information content (AvgIpc) is 3.40. The first-order chi connectivity index (χ1) is 16.4. The lowest BCUT2D eigenvalue weighted by atomic mass is 9.77. The van der Waals surface area contributed by atoms with Gasteiger partial charge in [-0.2, -0.15) is 0 Å². The van der Waals surface area contributed by atoms with Gasteiger partial charge in [-0.15, -0.1) is 0 Å². The van der Waals surface area contributed by atoms with E-state index in [0.29, 0.717) is 12.8 Å². The first-order valence-corrected chi connectivity index (χ1v) is 11.7. The molecule has 2 aliphatic carbocycles. The van der Waals surface area contributed by atoms with Crippen molar-refractivity contribution in [3.05, 3.63) is 71.8 Å². The summed E-state index contributed by atoms with van der Waals surface area (Å²) in [5.41, 5.74) is 3.84. The standard InChI is InChI=1S/C27H28N2O5/c1-2-27(25(31)32)15-29(16-27)24(30)17-11-12-18(13-17)28-26(33)34-14-23-21-9-5-3-7-19(21)20-8-4-6-10-22(20)23/h3-12,17-18,23H,2,13-16H2,1H3,(H,28,33)(H,31,32).